The van der Waals surface area contributed by atoms with E-state index in [0.717, 1.165) is 19.0 Å². The fourth-order valence-corrected chi connectivity index (χ4v) is 4.71. The van der Waals surface area contributed by atoms with Gasteiger partial charge < -0.3 is 15.2 Å². The summed E-state index contributed by atoms with van der Waals surface area (Å²) in [6.07, 6.45) is 4.07. The van der Waals surface area contributed by atoms with E-state index >= 15 is 0 Å². The van der Waals surface area contributed by atoms with E-state index in [-0.39, 0.29) is 17.1 Å². The lowest BCUT2D eigenvalue weighted by Gasteiger charge is -2.19. The Morgan fingerprint density at radius 1 is 1.24 bits per heavy atom. The van der Waals surface area contributed by atoms with Gasteiger partial charge in [-0.1, -0.05) is 23.7 Å². The third kappa shape index (κ3) is 3.89. The van der Waals surface area contributed by atoms with Crippen molar-refractivity contribution in [2.24, 2.45) is 0 Å². The molecule has 12 heteroatoms. The monoisotopic (exact) mass is 524 g/mol. The number of amides is 1. The zero-order valence-electron chi connectivity index (χ0n) is 18.8. The van der Waals surface area contributed by atoms with Crippen LogP contribution in [0.1, 0.15) is 46.1 Å². The van der Waals surface area contributed by atoms with Gasteiger partial charge in [0.05, 0.1) is 34.4 Å². The van der Waals surface area contributed by atoms with Gasteiger partial charge in [0.15, 0.2) is 11.6 Å². The summed E-state index contributed by atoms with van der Waals surface area (Å²) in [5, 5.41) is 10.1. The number of nitrogens with one attached hydrogen (secondary N) is 2. The Morgan fingerprint density at radius 3 is 2.78 bits per heavy atom. The summed E-state index contributed by atoms with van der Waals surface area (Å²) in [6.45, 7) is 0. The van der Waals surface area contributed by atoms with Crippen molar-refractivity contribution in [3.63, 3.8) is 0 Å². The zero-order chi connectivity index (χ0) is 25.9. The molecule has 0 bridgehead atoms. The molecule has 0 atom stereocenters. The lowest BCUT2D eigenvalue weighted by molar-refractivity contribution is -0.143. The number of carbonyl (C=O) groups is 1. The lowest BCUT2D eigenvalue weighted by atomic mass is 10.0. The molecule has 8 nitrogen and oxygen atoms in total. The quantitative estimate of drug-likeness (QED) is 0.357. The predicted octanol–water partition coefficient (Wildman–Crippen LogP) is 5.23. The SMILES string of the molecule is O=C=C1NC=Cc2c1cccc2-n1ncc(C(=O)Nc2cnc3c(c2)c(Cl)cn3C2CC2)c1C(F)(F)F. The summed E-state index contributed by atoms with van der Waals surface area (Å²) in [5.41, 5.74) is -0.274. The minimum absolute atomic E-state index is 0.0469. The molecule has 4 heterocycles. The largest absolute Gasteiger partial charge is 0.434 e. The average Bonchev–Trinajstić information content (AvgIpc) is 3.53. The van der Waals surface area contributed by atoms with Crippen LogP contribution in [0.2, 0.25) is 5.02 Å². The van der Waals surface area contributed by atoms with Crippen molar-refractivity contribution in [2.75, 3.05) is 5.32 Å². The molecular formula is C25H16ClF3N6O2. The van der Waals surface area contributed by atoms with Gasteiger partial charge in [-0.05, 0) is 31.1 Å². The first-order valence-corrected chi connectivity index (χ1v) is 11.6. The first-order valence-electron chi connectivity index (χ1n) is 11.2. The van der Waals surface area contributed by atoms with Gasteiger partial charge in [0.2, 0.25) is 0 Å². The minimum Gasteiger partial charge on any atom is -0.352 e. The van der Waals surface area contributed by atoms with Crippen molar-refractivity contribution in [2.45, 2.75) is 25.1 Å². The van der Waals surface area contributed by atoms with E-state index in [9.17, 15) is 22.8 Å². The number of rotatable bonds is 4. The van der Waals surface area contributed by atoms with Crippen LogP contribution < -0.4 is 10.6 Å². The Bertz CT molecular complexity index is 1680. The number of alkyl halides is 3. The van der Waals surface area contributed by atoms with Crippen LogP contribution in [-0.2, 0) is 11.0 Å². The van der Waals surface area contributed by atoms with Gasteiger partial charge in [0.25, 0.3) is 5.91 Å². The number of benzene rings is 1. The summed E-state index contributed by atoms with van der Waals surface area (Å²) in [7, 11) is 0. The van der Waals surface area contributed by atoms with E-state index in [1.165, 1.54) is 30.6 Å². The van der Waals surface area contributed by atoms with Crippen LogP contribution in [0.15, 0.2) is 49.1 Å². The van der Waals surface area contributed by atoms with Crippen LogP contribution in [-0.4, -0.2) is 31.2 Å². The van der Waals surface area contributed by atoms with E-state index in [1.807, 2.05) is 4.57 Å². The van der Waals surface area contributed by atoms with Crippen LogP contribution >= 0.6 is 11.6 Å². The Labute approximate surface area is 212 Å². The summed E-state index contributed by atoms with van der Waals surface area (Å²) < 4.78 is 45.4. The van der Waals surface area contributed by atoms with Gasteiger partial charge in [-0.15, -0.1) is 0 Å². The molecule has 1 aliphatic carbocycles. The Morgan fingerprint density at radius 2 is 2.05 bits per heavy atom. The molecule has 1 saturated carbocycles. The maximum absolute atomic E-state index is 14.3. The first-order chi connectivity index (χ1) is 17.8. The van der Waals surface area contributed by atoms with Crippen LogP contribution in [0.5, 0.6) is 0 Å². The number of pyridine rings is 1. The number of fused-ring (bicyclic) bond motifs is 2. The fraction of sp³-hybridized carbons (Fsp3) is 0.160. The Hall–Kier alpha value is -4.34. The molecule has 0 spiro atoms. The number of hydrogen-bond donors (Lipinski definition) is 2. The molecular weight excluding hydrogens is 509 g/mol. The molecule has 4 aromatic rings. The maximum atomic E-state index is 14.3. The average molecular weight is 525 g/mol. The number of aromatic nitrogens is 4. The van der Waals surface area contributed by atoms with Crippen molar-refractivity contribution >= 4 is 51.9 Å². The highest BCUT2D eigenvalue weighted by molar-refractivity contribution is 6.35. The molecule has 37 heavy (non-hydrogen) atoms. The fourth-order valence-electron chi connectivity index (χ4n) is 4.46. The first kappa shape index (κ1) is 23.1. The molecule has 2 N–H and O–H groups in total. The molecule has 1 aromatic carbocycles. The van der Waals surface area contributed by atoms with Gasteiger partial charge in [-0.2, -0.15) is 18.3 Å². The molecule has 6 rings (SSSR count). The molecule has 3 aromatic heterocycles. The standard InChI is InChI=1S/C25H16ClF3N6O2/c26-19-11-34(14-4-5-14)23-17(19)8-13(9-31-23)33-24(37)18-10-32-35(22(18)25(27,28)29)21-3-1-2-15-16(21)6-7-30-20(15)12-36/h1-3,6-11,14,30H,4-5H2,(H,33,37). The predicted molar refractivity (Wildman–Crippen MR) is 131 cm³/mol. The molecule has 1 aliphatic heterocycles. The van der Waals surface area contributed by atoms with Crippen molar-refractivity contribution in [3.05, 3.63) is 76.5 Å². The van der Waals surface area contributed by atoms with Gasteiger partial charge >= 0.3 is 6.18 Å². The molecule has 2 aliphatic rings. The minimum atomic E-state index is -4.92. The number of hydrogen-bond acceptors (Lipinski definition) is 5. The van der Waals surface area contributed by atoms with Crippen molar-refractivity contribution in [3.8, 4) is 5.69 Å². The summed E-state index contributed by atoms with van der Waals surface area (Å²) in [4.78, 5) is 28.7. The lowest BCUT2D eigenvalue weighted by Crippen LogP contribution is -2.21. The van der Waals surface area contributed by atoms with Crippen molar-refractivity contribution in [1.82, 2.24) is 24.6 Å². The van der Waals surface area contributed by atoms with Gasteiger partial charge in [0.1, 0.15) is 11.3 Å². The Balaban J connectivity index is 1.39. The second-order valence-electron chi connectivity index (χ2n) is 8.67. The summed E-state index contributed by atoms with van der Waals surface area (Å²) in [6, 6.07) is 6.40. The highest BCUT2D eigenvalue weighted by atomic mass is 35.5. The molecule has 186 valence electrons. The smallest absolute Gasteiger partial charge is 0.352 e. The van der Waals surface area contributed by atoms with Crippen molar-refractivity contribution < 1.29 is 22.8 Å². The molecule has 0 radical (unpaired) electrons. The number of carbonyl (C=O) groups excluding carboxylic acids is 2. The number of halogens is 4. The topological polar surface area (TPSA) is 93.8 Å². The van der Waals surface area contributed by atoms with Crippen LogP contribution in [0.25, 0.3) is 28.5 Å². The van der Waals surface area contributed by atoms with E-state index in [0.29, 0.717) is 37.9 Å². The highest BCUT2D eigenvalue weighted by Gasteiger charge is 2.41. The molecule has 1 fully saturated rings. The van der Waals surface area contributed by atoms with E-state index < -0.39 is 23.3 Å². The zero-order valence-corrected chi connectivity index (χ0v) is 19.6. The number of nitrogens with zero attached hydrogens (tertiary/aromatic N) is 4. The van der Waals surface area contributed by atoms with E-state index in [4.69, 9.17) is 11.6 Å². The normalized spacial score (nSPS) is 14.9. The maximum Gasteiger partial charge on any atom is 0.434 e. The summed E-state index contributed by atoms with van der Waals surface area (Å²) >= 11 is 6.34. The summed E-state index contributed by atoms with van der Waals surface area (Å²) in [5.74, 6) is 0.727. The number of anilines is 1. The highest BCUT2D eigenvalue weighted by Crippen LogP contribution is 2.40. The third-order valence-electron chi connectivity index (χ3n) is 6.26. The molecule has 0 saturated heterocycles. The van der Waals surface area contributed by atoms with Gasteiger partial charge in [0, 0.05) is 35.0 Å². The van der Waals surface area contributed by atoms with Gasteiger partial charge in [-0.3, -0.25) is 4.79 Å². The van der Waals surface area contributed by atoms with E-state index in [1.54, 1.807) is 24.3 Å². The second kappa shape index (κ2) is 8.36. The molecule has 0 unspecified atom stereocenters. The van der Waals surface area contributed by atoms with Crippen LogP contribution in [0, 0.1) is 0 Å². The molecule has 1 amide bonds. The van der Waals surface area contributed by atoms with Crippen LogP contribution in [0.4, 0.5) is 18.9 Å². The van der Waals surface area contributed by atoms with E-state index in [2.05, 4.69) is 20.7 Å². The van der Waals surface area contributed by atoms with Gasteiger partial charge in [-0.25, -0.2) is 14.5 Å². The van der Waals surface area contributed by atoms with Crippen molar-refractivity contribution in [1.29, 1.82) is 0 Å². The van der Waals surface area contributed by atoms with Crippen LogP contribution in [0.3, 0.4) is 0 Å². The second-order valence-corrected chi connectivity index (χ2v) is 9.08. The Kier molecular flexibility index (Phi) is 5.22. The third-order valence-corrected chi connectivity index (χ3v) is 6.56.